The van der Waals surface area contributed by atoms with Crippen molar-refractivity contribution in [1.82, 2.24) is 0 Å². The second-order valence-electron chi connectivity index (χ2n) is 4.14. The number of nitrogens with one attached hydrogen (secondary N) is 1. The fraction of sp³-hybridized carbons (Fsp3) is 0.133. The van der Waals surface area contributed by atoms with Gasteiger partial charge in [-0.3, -0.25) is 0 Å². The highest BCUT2D eigenvalue weighted by Crippen LogP contribution is 2.15. The average Bonchev–Trinajstić information content (AvgIpc) is 2.46. The molecule has 1 atom stereocenters. The van der Waals surface area contributed by atoms with Crippen LogP contribution in [0.1, 0.15) is 17.2 Å². The van der Waals surface area contributed by atoms with Crippen molar-refractivity contribution in [2.45, 2.75) is 6.10 Å². The molecule has 0 spiro atoms. The molecule has 1 unspecified atom stereocenters. The maximum absolute atomic E-state index is 12.7. The lowest BCUT2D eigenvalue weighted by Crippen LogP contribution is -2.12. The van der Waals surface area contributed by atoms with Crippen molar-refractivity contribution < 1.29 is 9.50 Å². The van der Waals surface area contributed by atoms with Crippen LogP contribution in [-0.4, -0.2) is 11.7 Å². The molecular formula is C15H13FN2O. The summed E-state index contributed by atoms with van der Waals surface area (Å²) in [5.74, 6) is -0.323. The zero-order chi connectivity index (χ0) is 13.7. The van der Waals surface area contributed by atoms with Gasteiger partial charge < -0.3 is 10.4 Å². The zero-order valence-corrected chi connectivity index (χ0v) is 10.2. The van der Waals surface area contributed by atoms with Gasteiger partial charge in [-0.2, -0.15) is 5.26 Å². The first-order valence-corrected chi connectivity index (χ1v) is 5.86. The summed E-state index contributed by atoms with van der Waals surface area (Å²) in [7, 11) is 0. The van der Waals surface area contributed by atoms with Crippen LogP contribution in [0.15, 0.2) is 48.5 Å². The Morgan fingerprint density at radius 2 is 1.74 bits per heavy atom. The van der Waals surface area contributed by atoms with Crippen molar-refractivity contribution >= 4 is 5.69 Å². The van der Waals surface area contributed by atoms with Crippen molar-refractivity contribution in [3.8, 4) is 6.07 Å². The Morgan fingerprint density at radius 3 is 2.32 bits per heavy atom. The molecule has 2 aromatic rings. The number of hydrogen-bond acceptors (Lipinski definition) is 3. The molecular weight excluding hydrogens is 243 g/mol. The summed E-state index contributed by atoms with van der Waals surface area (Å²) in [6.07, 6.45) is -0.712. The predicted molar refractivity (Wildman–Crippen MR) is 71.0 cm³/mol. The normalized spacial score (nSPS) is 11.6. The SMILES string of the molecule is N#Cc1ccc(NCC(O)c2ccc(F)cc2)cc1. The first-order valence-electron chi connectivity index (χ1n) is 5.86. The molecule has 0 saturated carbocycles. The molecule has 0 aliphatic rings. The summed E-state index contributed by atoms with van der Waals surface area (Å²) in [4.78, 5) is 0. The van der Waals surface area contributed by atoms with Crippen LogP contribution >= 0.6 is 0 Å². The standard InChI is InChI=1S/C15H13FN2O/c16-13-5-3-12(4-6-13)15(19)10-18-14-7-1-11(9-17)2-8-14/h1-8,15,18-19H,10H2. The Hall–Kier alpha value is -2.38. The van der Waals surface area contributed by atoms with Gasteiger partial charge in [-0.1, -0.05) is 12.1 Å². The topological polar surface area (TPSA) is 56.0 Å². The molecule has 2 rings (SSSR count). The summed E-state index contributed by atoms with van der Waals surface area (Å²) < 4.78 is 12.7. The van der Waals surface area contributed by atoms with Gasteiger partial charge in [-0.05, 0) is 42.0 Å². The summed E-state index contributed by atoms with van der Waals surface area (Å²) in [5, 5.41) is 21.7. The van der Waals surface area contributed by atoms with Gasteiger partial charge in [0.2, 0.25) is 0 Å². The Balaban J connectivity index is 1.94. The Bertz CT molecular complexity index is 573. The number of rotatable bonds is 4. The highest BCUT2D eigenvalue weighted by Gasteiger charge is 2.07. The molecule has 0 bridgehead atoms. The van der Waals surface area contributed by atoms with E-state index in [1.165, 1.54) is 12.1 Å². The molecule has 2 aromatic carbocycles. The minimum Gasteiger partial charge on any atom is -0.387 e. The third kappa shape index (κ3) is 3.54. The van der Waals surface area contributed by atoms with E-state index < -0.39 is 6.10 Å². The second kappa shape index (κ2) is 5.98. The minimum atomic E-state index is -0.712. The van der Waals surface area contributed by atoms with E-state index in [1.807, 2.05) is 6.07 Å². The van der Waals surface area contributed by atoms with Crippen LogP contribution in [0.3, 0.4) is 0 Å². The van der Waals surface area contributed by atoms with Crippen LogP contribution in [0, 0.1) is 17.1 Å². The maximum Gasteiger partial charge on any atom is 0.123 e. The van der Waals surface area contributed by atoms with Crippen molar-refractivity contribution in [1.29, 1.82) is 5.26 Å². The molecule has 0 amide bonds. The van der Waals surface area contributed by atoms with Gasteiger partial charge in [0.15, 0.2) is 0 Å². The van der Waals surface area contributed by atoms with Gasteiger partial charge in [-0.25, -0.2) is 4.39 Å². The third-order valence-corrected chi connectivity index (χ3v) is 2.77. The molecule has 4 heteroatoms. The molecule has 0 fully saturated rings. The van der Waals surface area contributed by atoms with E-state index in [4.69, 9.17) is 5.26 Å². The van der Waals surface area contributed by atoms with Crippen molar-refractivity contribution in [2.24, 2.45) is 0 Å². The summed E-state index contributed by atoms with van der Waals surface area (Å²) in [6, 6.07) is 14.7. The van der Waals surface area contributed by atoms with Crippen LogP contribution in [0.2, 0.25) is 0 Å². The lowest BCUT2D eigenvalue weighted by atomic mass is 10.1. The molecule has 0 saturated heterocycles. The highest BCUT2D eigenvalue weighted by atomic mass is 19.1. The Morgan fingerprint density at radius 1 is 1.11 bits per heavy atom. The van der Waals surface area contributed by atoms with Crippen molar-refractivity contribution in [3.63, 3.8) is 0 Å². The number of benzene rings is 2. The molecule has 2 N–H and O–H groups in total. The smallest absolute Gasteiger partial charge is 0.123 e. The number of hydrogen-bond donors (Lipinski definition) is 2. The van der Waals surface area contributed by atoms with Gasteiger partial charge >= 0.3 is 0 Å². The third-order valence-electron chi connectivity index (χ3n) is 2.77. The van der Waals surface area contributed by atoms with Crippen LogP contribution in [0.5, 0.6) is 0 Å². The van der Waals surface area contributed by atoms with E-state index in [2.05, 4.69) is 5.32 Å². The van der Waals surface area contributed by atoms with Crippen LogP contribution < -0.4 is 5.32 Å². The molecule has 0 aliphatic carbocycles. The number of aliphatic hydroxyl groups is 1. The number of nitrogens with zero attached hydrogens (tertiary/aromatic N) is 1. The van der Waals surface area contributed by atoms with Crippen LogP contribution in [0.4, 0.5) is 10.1 Å². The molecule has 19 heavy (non-hydrogen) atoms. The van der Waals surface area contributed by atoms with E-state index >= 15 is 0 Å². The summed E-state index contributed by atoms with van der Waals surface area (Å²) in [6.45, 7) is 0.317. The van der Waals surface area contributed by atoms with Crippen LogP contribution in [0.25, 0.3) is 0 Å². The summed E-state index contributed by atoms with van der Waals surface area (Å²) in [5.41, 5.74) is 2.06. The fourth-order valence-electron chi connectivity index (χ4n) is 1.68. The number of halogens is 1. The first kappa shape index (κ1) is 13.1. The average molecular weight is 256 g/mol. The second-order valence-corrected chi connectivity index (χ2v) is 4.14. The van der Waals surface area contributed by atoms with E-state index in [0.29, 0.717) is 17.7 Å². The molecule has 0 heterocycles. The van der Waals surface area contributed by atoms with E-state index in [0.717, 1.165) is 5.69 Å². The van der Waals surface area contributed by atoms with Gasteiger partial charge in [0.1, 0.15) is 5.82 Å². The number of anilines is 1. The monoisotopic (exact) mass is 256 g/mol. The lowest BCUT2D eigenvalue weighted by molar-refractivity contribution is 0.191. The van der Waals surface area contributed by atoms with Gasteiger partial charge in [-0.15, -0.1) is 0 Å². The highest BCUT2D eigenvalue weighted by molar-refractivity contribution is 5.47. The fourth-order valence-corrected chi connectivity index (χ4v) is 1.68. The molecule has 0 aromatic heterocycles. The maximum atomic E-state index is 12.7. The Kier molecular flexibility index (Phi) is 4.11. The molecule has 3 nitrogen and oxygen atoms in total. The molecule has 96 valence electrons. The van der Waals surface area contributed by atoms with Crippen LogP contribution in [-0.2, 0) is 0 Å². The first-order chi connectivity index (χ1) is 9.19. The van der Waals surface area contributed by atoms with E-state index in [9.17, 15) is 9.50 Å². The predicted octanol–water partition coefficient (Wildman–Crippen LogP) is 2.84. The molecule has 0 aliphatic heterocycles. The lowest BCUT2D eigenvalue weighted by Gasteiger charge is -2.13. The van der Waals surface area contributed by atoms with E-state index in [1.54, 1.807) is 36.4 Å². The van der Waals surface area contributed by atoms with Gasteiger partial charge in [0, 0.05) is 12.2 Å². The van der Waals surface area contributed by atoms with Crippen molar-refractivity contribution in [3.05, 3.63) is 65.5 Å². The van der Waals surface area contributed by atoms with E-state index in [-0.39, 0.29) is 5.82 Å². The number of aliphatic hydroxyl groups excluding tert-OH is 1. The van der Waals surface area contributed by atoms with Crippen molar-refractivity contribution in [2.75, 3.05) is 11.9 Å². The Labute approximate surface area is 110 Å². The zero-order valence-electron chi connectivity index (χ0n) is 10.2. The summed E-state index contributed by atoms with van der Waals surface area (Å²) >= 11 is 0. The largest absolute Gasteiger partial charge is 0.387 e. The quantitative estimate of drug-likeness (QED) is 0.884. The van der Waals surface area contributed by atoms with Gasteiger partial charge in [0.05, 0.1) is 17.7 Å². The number of nitriles is 1. The minimum absolute atomic E-state index is 0.317. The molecule has 0 radical (unpaired) electrons. The van der Waals surface area contributed by atoms with Gasteiger partial charge in [0.25, 0.3) is 0 Å².